The molecule has 0 atom stereocenters. The fraction of sp³-hybridized carbons (Fsp3) is 0.154. The average molecular weight is 325 g/mol. The van der Waals surface area contributed by atoms with E-state index in [0.29, 0.717) is 21.3 Å². The molecule has 1 aromatic heterocycles. The lowest BCUT2D eigenvalue weighted by Crippen LogP contribution is -2.37. The molecule has 1 aromatic carbocycles. The summed E-state index contributed by atoms with van der Waals surface area (Å²) in [6.07, 6.45) is 0.0223. The molecule has 3 rings (SSSR count). The van der Waals surface area contributed by atoms with Gasteiger partial charge in [-0.3, -0.25) is 14.9 Å². The first kappa shape index (κ1) is 13.9. The number of imide groups is 1. The van der Waals surface area contributed by atoms with Crippen molar-refractivity contribution in [1.29, 1.82) is 0 Å². The zero-order chi connectivity index (χ0) is 15.1. The number of hydrogen-bond donors (Lipinski definition) is 2. The molecule has 0 aliphatic carbocycles. The number of carbonyl (C=O) groups is 2. The number of halogens is 2. The Kier molecular flexibility index (Phi) is 3.35. The molecule has 0 radical (unpaired) electrons. The van der Waals surface area contributed by atoms with E-state index in [4.69, 9.17) is 28.9 Å². The number of hydrogen-bond acceptors (Lipinski definition) is 4. The second-order valence-electron chi connectivity index (χ2n) is 4.62. The zero-order valence-corrected chi connectivity index (χ0v) is 12.2. The fourth-order valence-electron chi connectivity index (χ4n) is 2.24. The highest BCUT2D eigenvalue weighted by Gasteiger charge is 2.29. The molecule has 0 spiro atoms. The lowest BCUT2D eigenvalue weighted by atomic mass is 10.1. The molecule has 21 heavy (non-hydrogen) atoms. The molecule has 8 heteroatoms. The highest BCUT2D eigenvalue weighted by Crippen LogP contribution is 2.27. The van der Waals surface area contributed by atoms with Gasteiger partial charge in [-0.05, 0) is 12.1 Å². The number of nitrogens with zero attached hydrogens (tertiary/aromatic N) is 2. The van der Waals surface area contributed by atoms with Gasteiger partial charge in [0.05, 0.1) is 18.7 Å². The SMILES string of the molecule is Nc1c2c(nn1Cc1c(Cl)cccc1Cl)CC(=O)NC2=O. The van der Waals surface area contributed by atoms with Crippen LogP contribution in [0.5, 0.6) is 0 Å². The number of rotatable bonds is 2. The summed E-state index contributed by atoms with van der Waals surface area (Å²) in [7, 11) is 0. The second-order valence-corrected chi connectivity index (χ2v) is 5.43. The summed E-state index contributed by atoms with van der Waals surface area (Å²) in [5, 5.41) is 7.40. The molecule has 2 aromatic rings. The van der Waals surface area contributed by atoms with Crippen LogP contribution in [0.4, 0.5) is 5.82 Å². The van der Waals surface area contributed by atoms with Gasteiger partial charge in [0.2, 0.25) is 5.91 Å². The molecule has 1 aliphatic heterocycles. The molecule has 2 heterocycles. The number of carbonyl (C=O) groups excluding carboxylic acids is 2. The molecule has 6 nitrogen and oxygen atoms in total. The van der Waals surface area contributed by atoms with Gasteiger partial charge in [-0.15, -0.1) is 0 Å². The van der Waals surface area contributed by atoms with Crippen molar-refractivity contribution in [3.05, 3.63) is 45.1 Å². The summed E-state index contributed by atoms with van der Waals surface area (Å²) in [5.41, 5.74) is 7.20. The Morgan fingerprint density at radius 2 is 1.95 bits per heavy atom. The first-order valence-electron chi connectivity index (χ1n) is 6.09. The molecule has 3 N–H and O–H groups in total. The second kappa shape index (κ2) is 5.05. The molecule has 2 amide bonds. The van der Waals surface area contributed by atoms with Gasteiger partial charge in [0.15, 0.2) is 0 Å². The highest BCUT2D eigenvalue weighted by atomic mass is 35.5. The van der Waals surface area contributed by atoms with E-state index >= 15 is 0 Å². The molecular weight excluding hydrogens is 315 g/mol. The monoisotopic (exact) mass is 324 g/mol. The van der Waals surface area contributed by atoms with E-state index in [2.05, 4.69) is 10.4 Å². The number of nitrogen functional groups attached to an aromatic ring is 1. The van der Waals surface area contributed by atoms with Crippen LogP contribution in [0.2, 0.25) is 10.0 Å². The number of aromatic nitrogens is 2. The minimum absolute atomic E-state index is 0.0223. The van der Waals surface area contributed by atoms with Crippen LogP contribution in [-0.4, -0.2) is 21.6 Å². The Morgan fingerprint density at radius 1 is 1.29 bits per heavy atom. The number of anilines is 1. The summed E-state index contributed by atoms with van der Waals surface area (Å²) >= 11 is 12.2. The first-order valence-corrected chi connectivity index (χ1v) is 6.85. The molecular formula is C13H10Cl2N4O2. The van der Waals surface area contributed by atoms with E-state index in [1.165, 1.54) is 4.68 Å². The van der Waals surface area contributed by atoms with Crippen LogP contribution in [0.1, 0.15) is 21.6 Å². The standard InChI is InChI=1S/C13H10Cl2N4O2/c14-7-2-1-3-8(15)6(7)5-19-12(16)11-9(18-19)4-10(20)17-13(11)21/h1-3H,4-5,16H2,(H,17,20,21). The quantitative estimate of drug-likeness (QED) is 0.821. The van der Waals surface area contributed by atoms with Crippen LogP contribution in [0.3, 0.4) is 0 Å². The van der Waals surface area contributed by atoms with Gasteiger partial charge in [0.1, 0.15) is 11.4 Å². The Hall–Kier alpha value is -2.05. The zero-order valence-electron chi connectivity index (χ0n) is 10.7. The molecule has 0 unspecified atom stereocenters. The van der Waals surface area contributed by atoms with E-state index in [1.54, 1.807) is 18.2 Å². The predicted octanol–water partition coefficient (Wildman–Crippen LogP) is 1.63. The lowest BCUT2D eigenvalue weighted by Gasteiger charge is -2.10. The highest BCUT2D eigenvalue weighted by molar-refractivity contribution is 6.36. The van der Waals surface area contributed by atoms with Crippen LogP contribution >= 0.6 is 23.2 Å². The Morgan fingerprint density at radius 3 is 2.62 bits per heavy atom. The van der Waals surface area contributed by atoms with E-state index in [1.807, 2.05) is 0 Å². The Balaban J connectivity index is 2.04. The third-order valence-electron chi connectivity index (χ3n) is 3.24. The van der Waals surface area contributed by atoms with Crippen molar-refractivity contribution in [2.24, 2.45) is 0 Å². The van der Waals surface area contributed by atoms with Crippen LogP contribution in [0, 0.1) is 0 Å². The maximum Gasteiger partial charge on any atom is 0.263 e. The van der Waals surface area contributed by atoms with Crippen LogP contribution < -0.4 is 11.1 Å². The van der Waals surface area contributed by atoms with E-state index in [0.717, 1.165) is 0 Å². The van der Waals surface area contributed by atoms with Gasteiger partial charge in [-0.1, -0.05) is 29.3 Å². The van der Waals surface area contributed by atoms with Crippen molar-refractivity contribution < 1.29 is 9.59 Å². The van der Waals surface area contributed by atoms with Crippen molar-refractivity contribution in [1.82, 2.24) is 15.1 Å². The van der Waals surface area contributed by atoms with Crippen molar-refractivity contribution in [2.45, 2.75) is 13.0 Å². The topological polar surface area (TPSA) is 90.0 Å². The number of amides is 2. The first-order chi connectivity index (χ1) is 9.97. The minimum Gasteiger partial charge on any atom is -0.383 e. The predicted molar refractivity (Wildman–Crippen MR) is 78.4 cm³/mol. The van der Waals surface area contributed by atoms with Gasteiger partial charge in [-0.25, -0.2) is 4.68 Å². The summed E-state index contributed by atoms with van der Waals surface area (Å²) < 4.78 is 1.43. The van der Waals surface area contributed by atoms with Gasteiger partial charge in [0.25, 0.3) is 5.91 Å². The lowest BCUT2D eigenvalue weighted by molar-refractivity contribution is -0.119. The summed E-state index contributed by atoms with van der Waals surface area (Å²) in [4.78, 5) is 23.2. The van der Waals surface area contributed by atoms with E-state index in [9.17, 15) is 9.59 Å². The van der Waals surface area contributed by atoms with Gasteiger partial charge < -0.3 is 5.73 Å². The third kappa shape index (κ3) is 2.36. The molecule has 0 saturated heterocycles. The maximum absolute atomic E-state index is 11.8. The van der Waals surface area contributed by atoms with Crippen molar-refractivity contribution in [3.8, 4) is 0 Å². The fourth-order valence-corrected chi connectivity index (χ4v) is 2.75. The van der Waals surface area contributed by atoms with Crippen LogP contribution in [-0.2, 0) is 17.8 Å². The molecule has 0 fully saturated rings. The number of fused-ring (bicyclic) bond motifs is 1. The normalized spacial score (nSPS) is 14.0. The van der Waals surface area contributed by atoms with Gasteiger partial charge in [-0.2, -0.15) is 5.10 Å². The molecule has 108 valence electrons. The smallest absolute Gasteiger partial charge is 0.263 e. The van der Waals surface area contributed by atoms with Crippen molar-refractivity contribution in [3.63, 3.8) is 0 Å². The number of nitrogens with two attached hydrogens (primary N) is 1. The van der Waals surface area contributed by atoms with Crippen molar-refractivity contribution >= 4 is 40.8 Å². The largest absolute Gasteiger partial charge is 0.383 e. The number of nitrogens with one attached hydrogen (secondary N) is 1. The van der Waals surface area contributed by atoms with Crippen LogP contribution in [0.25, 0.3) is 0 Å². The summed E-state index contributed by atoms with van der Waals surface area (Å²) in [6.45, 7) is 0.221. The van der Waals surface area contributed by atoms with E-state index in [-0.39, 0.29) is 24.3 Å². The maximum atomic E-state index is 11.8. The molecule has 0 saturated carbocycles. The van der Waals surface area contributed by atoms with E-state index < -0.39 is 11.8 Å². The van der Waals surface area contributed by atoms with Crippen LogP contribution in [0.15, 0.2) is 18.2 Å². The molecule has 1 aliphatic rings. The van der Waals surface area contributed by atoms with Gasteiger partial charge >= 0.3 is 0 Å². The van der Waals surface area contributed by atoms with Crippen molar-refractivity contribution in [2.75, 3.05) is 5.73 Å². The van der Waals surface area contributed by atoms with Gasteiger partial charge in [0, 0.05) is 15.6 Å². The third-order valence-corrected chi connectivity index (χ3v) is 3.95. The number of benzene rings is 1. The summed E-state index contributed by atoms with van der Waals surface area (Å²) in [5.74, 6) is -0.742. The Bertz CT molecular complexity index is 750. The minimum atomic E-state index is -0.532. The Labute approximate surface area is 129 Å². The molecule has 0 bridgehead atoms. The average Bonchev–Trinajstić information content (AvgIpc) is 2.70. The summed E-state index contributed by atoms with van der Waals surface area (Å²) in [6, 6.07) is 5.15.